The second-order valence-corrected chi connectivity index (χ2v) is 9.30. The summed E-state index contributed by atoms with van der Waals surface area (Å²) in [6.45, 7) is 6.66. The van der Waals surface area contributed by atoms with Gasteiger partial charge < -0.3 is 14.2 Å². The summed E-state index contributed by atoms with van der Waals surface area (Å²) >= 11 is 0. The average molecular weight is 450 g/mol. The van der Waals surface area contributed by atoms with Crippen LogP contribution in [0.5, 0.6) is 17.2 Å². The maximum Gasteiger partial charge on any atom is 0.232 e. The number of nitrogens with zero attached hydrogens (tertiary/aromatic N) is 1. The highest BCUT2D eigenvalue weighted by Gasteiger charge is 2.45. The van der Waals surface area contributed by atoms with Gasteiger partial charge in [-0.1, -0.05) is 26.0 Å². The third-order valence-corrected chi connectivity index (χ3v) is 6.36. The number of hydrogen-bond donors (Lipinski definition) is 0. The van der Waals surface area contributed by atoms with Gasteiger partial charge in [0.1, 0.15) is 5.75 Å². The fourth-order valence-corrected chi connectivity index (χ4v) is 5.03. The number of para-hydroxylation sites is 1. The van der Waals surface area contributed by atoms with Gasteiger partial charge in [-0.2, -0.15) is 0 Å². The number of benzene rings is 2. The van der Waals surface area contributed by atoms with Gasteiger partial charge in [0.2, 0.25) is 5.91 Å². The molecule has 0 bridgehead atoms. The second kappa shape index (κ2) is 8.93. The van der Waals surface area contributed by atoms with Gasteiger partial charge in [0.25, 0.3) is 0 Å². The van der Waals surface area contributed by atoms with Gasteiger partial charge in [-0.3, -0.25) is 14.5 Å². The highest BCUT2D eigenvalue weighted by molar-refractivity contribution is 6.08. The predicted octanol–water partition coefficient (Wildman–Crippen LogP) is 5.27. The molecule has 1 atom stereocenters. The van der Waals surface area contributed by atoms with Crippen molar-refractivity contribution >= 4 is 17.4 Å². The number of methoxy groups -OCH3 is 2. The van der Waals surface area contributed by atoms with Crippen LogP contribution in [0.1, 0.15) is 51.5 Å². The molecule has 1 amide bonds. The zero-order chi connectivity index (χ0) is 23.8. The van der Waals surface area contributed by atoms with E-state index >= 15 is 0 Å². The Hall–Kier alpha value is -3.28. The fraction of sp³-hybridized carbons (Fsp3) is 0.407. The molecule has 6 nitrogen and oxygen atoms in total. The molecular weight excluding hydrogens is 418 g/mol. The highest BCUT2D eigenvalue weighted by atomic mass is 16.5. The molecule has 0 aromatic heterocycles. The van der Waals surface area contributed by atoms with Crippen molar-refractivity contribution in [3.05, 3.63) is 59.3 Å². The summed E-state index contributed by atoms with van der Waals surface area (Å²) in [4.78, 5) is 28.8. The standard InChI is InChI=1S/C27H31NO5/c1-6-33-18-12-10-17(11-13-18)28-21-15-27(2,3)16-22(29)25(21)20(14-24(28)30)19-8-7-9-23(31-4)26(19)32-5/h7-13,20H,6,14-16H2,1-5H3. The SMILES string of the molecule is CCOc1ccc(N2C(=O)CC(c3cccc(OC)c3OC)C3=C2CC(C)(C)CC3=O)cc1. The van der Waals surface area contributed by atoms with Crippen molar-refractivity contribution in [1.29, 1.82) is 0 Å². The van der Waals surface area contributed by atoms with Crippen LogP contribution in [-0.2, 0) is 9.59 Å². The lowest BCUT2D eigenvalue weighted by molar-refractivity contribution is -0.121. The second-order valence-electron chi connectivity index (χ2n) is 9.30. The van der Waals surface area contributed by atoms with E-state index in [-0.39, 0.29) is 29.4 Å². The van der Waals surface area contributed by atoms with Gasteiger partial charge >= 0.3 is 0 Å². The van der Waals surface area contributed by atoms with Gasteiger partial charge in [0, 0.05) is 41.3 Å². The zero-order valence-electron chi connectivity index (χ0n) is 19.9. The van der Waals surface area contributed by atoms with E-state index in [0.717, 1.165) is 22.7 Å². The number of amides is 1. The number of allylic oxidation sites excluding steroid dienone is 2. The van der Waals surface area contributed by atoms with Crippen LogP contribution < -0.4 is 19.1 Å². The predicted molar refractivity (Wildman–Crippen MR) is 127 cm³/mol. The Bertz CT molecular complexity index is 1100. The van der Waals surface area contributed by atoms with Gasteiger partial charge in [-0.15, -0.1) is 0 Å². The van der Waals surface area contributed by atoms with E-state index in [1.54, 1.807) is 19.1 Å². The maximum atomic E-state index is 13.6. The Labute approximate surface area is 195 Å². The maximum absolute atomic E-state index is 13.6. The fourth-order valence-electron chi connectivity index (χ4n) is 5.03. The molecule has 33 heavy (non-hydrogen) atoms. The minimum Gasteiger partial charge on any atom is -0.494 e. The topological polar surface area (TPSA) is 65.1 Å². The third kappa shape index (κ3) is 4.22. The molecule has 0 saturated heterocycles. The van der Waals surface area contributed by atoms with Crippen molar-refractivity contribution in [2.24, 2.45) is 5.41 Å². The average Bonchev–Trinajstić information content (AvgIpc) is 2.78. The van der Waals surface area contributed by atoms with Crippen LogP contribution in [0.4, 0.5) is 5.69 Å². The normalized spacial score (nSPS) is 19.9. The molecule has 2 aliphatic rings. The molecule has 2 aromatic carbocycles. The first-order valence-electron chi connectivity index (χ1n) is 11.3. The Balaban J connectivity index is 1.87. The highest BCUT2D eigenvalue weighted by Crippen LogP contribution is 2.50. The monoisotopic (exact) mass is 449 g/mol. The van der Waals surface area contributed by atoms with Crippen molar-refractivity contribution in [2.45, 2.75) is 46.0 Å². The number of ketones is 1. The van der Waals surface area contributed by atoms with Gasteiger partial charge in [-0.25, -0.2) is 0 Å². The van der Waals surface area contributed by atoms with Crippen LogP contribution in [0, 0.1) is 5.41 Å². The van der Waals surface area contributed by atoms with Crippen LogP contribution in [-0.4, -0.2) is 32.5 Å². The van der Waals surface area contributed by atoms with Gasteiger partial charge in [0.15, 0.2) is 17.3 Å². The van der Waals surface area contributed by atoms with E-state index < -0.39 is 0 Å². The molecule has 1 unspecified atom stereocenters. The third-order valence-electron chi connectivity index (χ3n) is 6.36. The number of anilines is 1. The Morgan fingerprint density at radius 1 is 1.00 bits per heavy atom. The largest absolute Gasteiger partial charge is 0.494 e. The molecule has 0 N–H and O–H groups in total. The molecule has 0 fully saturated rings. The Morgan fingerprint density at radius 2 is 1.73 bits per heavy atom. The Morgan fingerprint density at radius 3 is 2.36 bits per heavy atom. The van der Waals surface area contributed by atoms with Gasteiger partial charge in [0.05, 0.1) is 20.8 Å². The molecular formula is C27H31NO5. The van der Waals surface area contributed by atoms with E-state index in [1.165, 1.54) is 0 Å². The summed E-state index contributed by atoms with van der Waals surface area (Å²) < 4.78 is 16.7. The van der Waals surface area contributed by atoms with E-state index in [0.29, 0.717) is 36.5 Å². The minimum absolute atomic E-state index is 0.0433. The first kappa shape index (κ1) is 22.9. The molecule has 6 heteroatoms. The van der Waals surface area contributed by atoms with Crippen molar-refractivity contribution < 1.29 is 23.8 Å². The van der Waals surface area contributed by atoms with Crippen molar-refractivity contribution in [2.75, 3.05) is 25.7 Å². The molecule has 1 heterocycles. The molecule has 0 spiro atoms. The van der Waals surface area contributed by atoms with Crippen molar-refractivity contribution in [3.63, 3.8) is 0 Å². The lowest BCUT2D eigenvalue weighted by atomic mass is 9.69. The van der Waals surface area contributed by atoms with E-state index in [4.69, 9.17) is 14.2 Å². The smallest absolute Gasteiger partial charge is 0.232 e. The van der Waals surface area contributed by atoms with E-state index in [2.05, 4.69) is 13.8 Å². The summed E-state index contributed by atoms with van der Waals surface area (Å²) in [5.74, 6) is 1.57. The van der Waals surface area contributed by atoms with Crippen LogP contribution in [0.15, 0.2) is 53.7 Å². The molecule has 0 radical (unpaired) electrons. The molecule has 2 aromatic rings. The van der Waals surface area contributed by atoms with E-state index in [9.17, 15) is 9.59 Å². The number of carbonyl (C=O) groups excluding carboxylic acids is 2. The lowest BCUT2D eigenvalue weighted by Gasteiger charge is -2.43. The number of ether oxygens (including phenoxy) is 3. The minimum atomic E-state index is -0.375. The lowest BCUT2D eigenvalue weighted by Crippen LogP contribution is -2.43. The quantitative estimate of drug-likeness (QED) is 0.601. The molecule has 1 aliphatic heterocycles. The number of rotatable bonds is 6. The van der Waals surface area contributed by atoms with Crippen LogP contribution in [0.25, 0.3) is 0 Å². The summed E-state index contributed by atoms with van der Waals surface area (Å²) in [5.41, 5.74) is 2.80. The summed E-state index contributed by atoms with van der Waals surface area (Å²) in [7, 11) is 3.17. The van der Waals surface area contributed by atoms with Crippen LogP contribution in [0.3, 0.4) is 0 Å². The number of carbonyl (C=O) groups is 2. The molecule has 174 valence electrons. The first-order chi connectivity index (χ1) is 15.8. The summed E-state index contributed by atoms with van der Waals surface area (Å²) in [6, 6.07) is 13.1. The zero-order valence-corrected chi connectivity index (χ0v) is 19.9. The number of Topliss-reactive ketones (excluding diaryl/α,β-unsaturated/α-hetero) is 1. The molecule has 4 rings (SSSR count). The molecule has 0 saturated carbocycles. The number of hydrogen-bond acceptors (Lipinski definition) is 5. The summed E-state index contributed by atoms with van der Waals surface area (Å²) in [5, 5.41) is 0. The van der Waals surface area contributed by atoms with Crippen molar-refractivity contribution in [3.8, 4) is 17.2 Å². The molecule has 1 aliphatic carbocycles. The van der Waals surface area contributed by atoms with E-state index in [1.807, 2.05) is 49.4 Å². The first-order valence-corrected chi connectivity index (χ1v) is 11.3. The van der Waals surface area contributed by atoms with Crippen LogP contribution in [0.2, 0.25) is 0 Å². The Kier molecular flexibility index (Phi) is 6.19. The van der Waals surface area contributed by atoms with Crippen molar-refractivity contribution in [1.82, 2.24) is 0 Å². The van der Waals surface area contributed by atoms with Gasteiger partial charge in [-0.05, 0) is 49.1 Å². The van der Waals surface area contributed by atoms with Crippen LogP contribution >= 0.6 is 0 Å². The summed E-state index contributed by atoms with van der Waals surface area (Å²) in [6.07, 6.45) is 1.26.